The van der Waals surface area contributed by atoms with E-state index in [4.69, 9.17) is 16.3 Å². The van der Waals surface area contributed by atoms with Crippen molar-refractivity contribution in [2.24, 2.45) is 0 Å². The number of hydrogen-bond donors (Lipinski definition) is 1. The number of halogens is 1. The summed E-state index contributed by atoms with van der Waals surface area (Å²) in [5.74, 6) is 0.228. The topological polar surface area (TPSA) is 77.0 Å². The molecule has 2 aromatic heterocycles. The Labute approximate surface area is 155 Å². The van der Waals surface area contributed by atoms with Crippen LogP contribution in [0.2, 0.25) is 5.02 Å². The molecule has 0 unspecified atom stereocenters. The third-order valence-electron chi connectivity index (χ3n) is 3.99. The van der Waals surface area contributed by atoms with Crippen molar-refractivity contribution in [3.05, 3.63) is 40.8 Å². The van der Waals surface area contributed by atoms with Gasteiger partial charge >= 0.3 is 0 Å². The van der Waals surface area contributed by atoms with E-state index in [0.717, 1.165) is 18.4 Å². The average molecular weight is 379 g/mol. The van der Waals surface area contributed by atoms with Crippen molar-refractivity contribution in [1.29, 1.82) is 0 Å². The normalized spacial score (nSPS) is 14.5. The molecule has 0 saturated heterocycles. The predicted octanol–water partition coefficient (Wildman–Crippen LogP) is 3.50. The van der Waals surface area contributed by atoms with Crippen LogP contribution in [-0.4, -0.2) is 33.2 Å². The van der Waals surface area contributed by atoms with Crippen molar-refractivity contribution in [2.75, 3.05) is 6.26 Å². The Morgan fingerprint density at radius 1 is 1.40 bits per heavy atom. The van der Waals surface area contributed by atoms with Gasteiger partial charge in [-0.1, -0.05) is 29.4 Å². The summed E-state index contributed by atoms with van der Waals surface area (Å²) in [6, 6.07) is 3.72. The molecule has 132 valence electrons. The number of nitrogens with zero attached hydrogens (tertiary/aromatic N) is 3. The van der Waals surface area contributed by atoms with Gasteiger partial charge < -0.3 is 10.1 Å². The molecule has 1 fully saturated rings. The van der Waals surface area contributed by atoms with Gasteiger partial charge in [-0.2, -0.15) is 0 Å². The minimum atomic E-state index is -0.349. The van der Waals surface area contributed by atoms with Crippen molar-refractivity contribution in [3.63, 3.8) is 0 Å². The number of aromatic nitrogens is 3. The highest BCUT2D eigenvalue weighted by atomic mass is 35.5. The lowest BCUT2D eigenvalue weighted by molar-refractivity contribution is 0.0944. The van der Waals surface area contributed by atoms with Crippen LogP contribution in [-0.2, 0) is 6.54 Å². The molecule has 6 nitrogen and oxygen atoms in total. The van der Waals surface area contributed by atoms with E-state index in [1.54, 1.807) is 6.20 Å². The Morgan fingerprint density at radius 3 is 2.96 bits per heavy atom. The van der Waals surface area contributed by atoms with Gasteiger partial charge in [0.05, 0.1) is 11.2 Å². The van der Waals surface area contributed by atoms with E-state index < -0.39 is 0 Å². The number of rotatable bonds is 6. The highest BCUT2D eigenvalue weighted by Gasteiger charge is 2.19. The van der Waals surface area contributed by atoms with Crippen LogP contribution in [0.1, 0.15) is 41.7 Å². The molecule has 1 aliphatic rings. The Kier molecular flexibility index (Phi) is 6.09. The summed E-state index contributed by atoms with van der Waals surface area (Å²) in [6.45, 7) is 0.295. The highest BCUT2D eigenvalue weighted by molar-refractivity contribution is 7.98. The third-order valence-corrected chi connectivity index (χ3v) is 4.83. The molecular weight excluding hydrogens is 360 g/mol. The van der Waals surface area contributed by atoms with Crippen LogP contribution < -0.4 is 10.1 Å². The standard InChI is InChI=1S/C17H19ClN4O2S/c1-25-17-21-10-13(18)14(22-17)15(23)20-9-11-5-4-8-19-16(11)24-12-6-2-3-7-12/h4-5,8,10,12H,2-3,6-7,9H2,1H3,(H,20,23). The van der Waals surface area contributed by atoms with E-state index in [-0.39, 0.29) is 22.7 Å². The second-order valence-electron chi connectivity index (χ2n) is 5.73. The van der Waals surface area contributed by atoms with Gasteiger partial charge in [-0.05, 0) is 38.0 Å². The lowest BCUT2D eigenvalue weighted by Gasteiger charge is -2.15. The maximum Gasteiger partial charge on any atom is 0.271 e. The number of nitrogens with one attached hydrogen (secondary N) is 1. The smallest absolute Gasteiger partial charge is 0.271 e. The van der Waals surface area contributed by atoms with Crippen LogP contribution in [0.5, 0.6) is 5.88 Å². The predicted molar refractivity (Wildman–Crippen MR) is 97.1 cm³/mol. The molecule has 1 saturated carbocycles. The van der Waals surface area contributed by atoms with Crippen LogP contribution in [0, 0.1) is 0 Å². The minimum absolute atomic E-state index is 0.170. The fraction of sp³-hybridized carbons (Fsp3) is 0.412. The first-order valence-electron chi connectivity index (χ1n) is 8.12. The van der Waals surface area contributed by atoms with E-state index >= 15 is 0 Å². The molecule has 25 heavy (non-hydrogen) atoms. The summed E-state index contributed by atoms with van der Waals surface area (Å²) in [7, 11) is 0. The van der Waals surface area contributed by atoms with Crippen molar-refractivity contribution in [2.45, 2.75) is 43.5 Å². The molecule has 0 atom stereocenters. The maximum atomic E-state index is 12.4. The van der Waals surface area contributed by atoms with E-state index in [0.29, 0.717) is 17.6 Å². The van der Waals surface area contributed by atoms with Gasteiger partial charge in [0.2, 0.25) is 5.88 Å². The van der Waals surface area contributed by atoms with Gasteiger partial charge in [-0.15, -0.1) is 0 Å². The molecule has 2 aromatic rings. The number of pyridine rings is 1. The first-order chi connectivity index (χ1) is 12.2. The fourth-order valence-corrected chi connectivity index (χ4v) is 3.21. The number of thioether (sulfide) groups is 1. The van der Waals surface area contributed by atoms with Gasteiger partial charge in [0.25, 0.3) is 5.91 Å². The summed E-state index contributed by atoms with van der Waals surface area (Å²) in [6.07, 6.45) is 9.67. The quantitative estimate of drug-likeness (QED) is 0.612. The first-order valence-corrected chi connectivity index (χ1v) is 9.73. The molecule has 0 aliphatic heterocycles. The largest absolute Gasteiger partial charge is 0.474 e. The van der Waals surface area contributed by atoms with E-state index in [9.17, 15) is 4.79 Å². The molecule has 1 amide bonds. The SMILES string of the molecule is CSc1ncc(Cl)c(C(=O)NCc2cccnc2OC2CCCC2)n1. The lowest BCUT2D eigenvalue weighted by atomic mass is 10.2. The molecule has 3 rings (SSSR count). The highest BCUT2D eigenvalue weighted by Crippen LogP contribution is 2.25. The van der Waals surface area contributed by atoms with Crippen LogP contribution >= 0.6 is 23.4 Å². The zero-order chi connectivity index (χ0) is 17.6. The number of carbonyl (C=O) groups excluding carboxylic acids is 1. The summed E-state index contributed by atoms with van der Waals surface area (Å²) in [4.78, 5) is 24.9. The maximum absolute atomic E-state index is 12.4. The van der Waals surface area contributed by atoms with Crippen molar-refractivity contribution in [1.82, 2.24) is 20.3 Å². The number of carbonyl (C=O) groups is 1. The van der Waals surface area contributed by atoms with Crippen molar-refractivity contribution >= 4 is 29.3 Å². The molecule has 0 radical (unpaired) electrons. The zero-order valence-corrected chi connectivity index (χ0v) is 15.4. The van der Waals surface area contributed by atoms with Gasteiger partial charge in [-0.3, -0.25) is 4.79 Å². The molecule has 1 N–H and O–H groups in total. The van der Waals surface area contributed by atoms with E-state index in [1.165, 1.54) is 30.8 Å². The van der Waals surface area contributed by atoms with Crippen LogP contribution in [0.3, 0.4) is 0 Å². The minimum Gasteiger partial charge on any atom is -0.474 e. The lowest BCUT2D eigenvalue weighted by Crippen LogP contribution is -2.25. The molecule has 0 spiro atoms. The van der Waals surface area contributed by atoms with Gasteiger partial charge in [0.1, 0.15) is 6.10 Å². The van der Waals surface area contributed by atoms with E-state index in [2.05, 4.69) is 20.3 Å². The zero-order valence-electron chi connectivity index (χ0n) is 13.9. The Hall–Kier alpha value is -1.86. The Balaban J connectivity index is 1.68. The number of hydrogen-bond acceptors (Lipinski definition) is 6. The summed E-state index contributed by atoms with van der Waals surface area (Å²) in [5.41, 5.74) is 1.00. The second-order valence-corrected chi connectivity index (χ2v) is 6.91. The van der Waals surface area contributed by atoms with Gasteiger partial charge in [0, 0.05) is 18.3 Å². The number of amides is 1. The summed E-state index contributed by atoms with van der Waals surface area (Å²) >= 11 is 7.40. The average Bonchev–Trinajstić information content (AvgIpc) is 3.14. The van der Waals surface area contributed by atoms with Crippen LogP contribution in [0.4, 0.5) is 0 Å². The monoisotopic (exact) mass is 378 g/mol. The summed E-state index contributed by atoms with van der Waals surface area (Å²) < 4.78 is 5.99. The molecular formula is C17H19ClN4O2S. The summed E-state index contributed by atoms with van der Waals surface area (Å²) in [5, 5.41) is 3.56. The Morgan fingerprint density at radius 2 is 2.20 bits per heavy atom. The van der Waals surface area contributed by atoms with Crippen molar-refractivity contribution in [3.8, 4) is 5.88 Å². The third kappa shape index (κ3) is 4.61. The van der Waals surface area contributed by atoms with Crippen LogP contribution in [0.25, 0.3) is 0 Å². The fourth-order valence-electron chi connectivity index (χ4n) is 2.70. The molecule has 0 bridgehead atoms. The van der Waals surface area contributed by atoms with Crippen molar-refractivity contribution < 1.29 is 9.53 Å². The molecule has 8 heteroatoms. The number of ether oxygens (including phenoxy) is 1. The first kappa shape index (κ1) is 17.9. The van der Waals surface area contributed by atoms with Crippen LogP contribution in [0.15, 0.2) is 29.7 Å². The van der Waals surface area contributed by atoms with Gasteiger partial charge in [-0.25, -0.2) is 15.0 Å². The molecule has 0 aromatic carbocycles. The molecule has 1 aliphatic carbocycles. The van der Waals surface area contributed by atoms with Gasteiger partial charge in [0.15, 0.2) is 10.9 Å². The second kappa shape index (κ2) is 8.49. The molecule has 2 heterocycles. The van der Waals surface area contributed by atoms with E-state index in [1.807, 2.05) is 18.4 Å². The Bertz CT molecular complexity index is 753.